The maximum absolute atomic E-state index is 10.4. The molecular formula is C24H26N2O2. The number of nitrogens with zero attached hydrogens (tertiary/aromatic N) is 2. The van der Waals surface area contributed by atoms with Crippen LogP contribution in [0.4, 0.5) is 0 Å². The zero-order chi connectivity index (χ0) is 19.3. The minimum absolute atomic E-state index is 0.173. The third-order valence-corrected chi connectivity index (χ3v) is 5.53. The van der Waals surface area contributed by atoms with E-state index in [2.05, 4.69) is 17.0 Å². The fourth-order valence-electron chi connectivity index (χ4n) is 4.07. The Morgan fingerprint density at radius 2 is 1.79 bits per heavy atom. The molecule has 1 heterocycles. The Balaban J connectivity index is 1.64. The Morgan fingerprint density at radius 1 is 1.04 bits per heavy atom. The van der Waals surface area contributed by atoms with Crippen molar-refractivity contribution in [3.05, 3.63) is 71.8 Å². The van der Waals surface area contributed by atoms with Gasteiger partial charge in [-0.05, 0) is 48.8 Å². The Kier molecular flexibility index (Phi) is 5.58. The van der Waals surface area contributed by atoms with Crippen LogP contribution in [-0.2, 0) is 0 Å². The molecule has 0 amide bonds. The molecule has 3 aromatic carbocycles. The summed E-state index contributed by atoms with van der Waals surface area (Å²) < 4.78 is 5.61. The smallest absolute Gasteiger partial charge is 0.124 e. The van der Waals surface area contributed by atoms with Crippen molar-refractivity contribution in [2.24, 2.45) is 4.99 Å². The minimum Gasteiger partial charge on any atom is -0.507 e. The second kappa shape index (κ2) is 8.44. The van der Waals surface area contributed by atoms with Crippen molar-refractivity contribution in [1.29, 1.82) is 0 Å². The number of para-hydroxylation sites is 1. The van der Waals surface area contributed by atoms with Crippen LogP contribution in [0.5, 0.6) is 11.5 Å². The van der Waals surface area contributed by atoms with Crippen LogP contribution in [0.3, 0.4) is 0 Å². The first kappa shape index (κ1) is 18.5. The van der Waals surface area contributed by atoms with E-state index in [9.17, 15) is 5.11 Å². The van der Waals surface area contributed by atoms with Crippen LogP contribution in [0.1, 0.15) is 30.0 Å². The van der Waals surface area contributed by atoms with Crippen molar-refractivity contribution in [3.8, 4) is 11.5 Å². The van der Waals surface area contributed by atoms with Crippen molar-refractivity contribution in [2.75, 3.05) is 26.7 Å². The number of hydrogen-bond acceptors (Lipinski definition) is 4. The van der Waals surface area contributed by atoms with Gasteiger partial charge in [0, 0.05) is 17.3 Å². The van der Waals surface area contributed by atoms with Crippen LogP contribution in [0.15, 0.2) is 65.7 Å². The molecular weight excluding hydrogens is 348 g/mol. The number of aromatic hydroxyl groups is 1. The standard InChI is InChI=1S/C24H26N2O2/c1-28-24-11-5-4-10-20(24)22(26-14-6-7-15-26)17-25-16-21-19-9-3-2-8-18(19)12-13-23(21)27/h2-5,8-13,16,22,27H,6-7,14-15,17H2,1H3/t22-/m1/s1. The summed E-state index contributed by atoms with van der Waals surface area (Å²) in [7, 11) is 1.72. The van der Waals surface area contributed by atoms with Gasteiger partial charge in [-0.15, -0.1) is 0 Å². The number of likely N-dealkylation sites (tertiary alicyclic amines) is 1. The Morgan fingerprint density at radius 3 is 2.61 bits per heavy atom. The van der Waals surface area contributed by atoms with E-state index < -0.39 is 0 Å². The molecule has 1 atom stereocenters. The van der Waals surface area contributed by atoms with Crippen molar-refractivity contribution < 1.29 is 9.84 Å². The first-order valence-electron chi connectivity index (χ1n) is 9.85. The lowest BCUT2D eigenvalue weighted by Gasteiger charge is -2.27. The number of benzene rings is 3. The summed E-state index contributed by atoms with van der Waals surface area (Å²) >= 11 is 0. The van der Waals surface area contributed by atoms with Crippen molar-refractivity contribution in [2.45, 2.75) is 18.9 Å². The van der Waals surface area contributed by atoms with Crippen LogP contribution >= 0.6 is 0 Å². The molecule has 4 rings (SSSR count). The molecule has 0 aromatic heterocycles. The number of ether oxygens (including phenoxy) is 1. The summed E-state index contributed by atoms with van der Waals surface area (Å²) in [6.07, 6.45) is 4.26. The van der Waals surface area contributed by atoms with Gasteiger partial charge in [-0.2, -0.15) is 0 Å². The Bertz CT molecular complexity index is 977. The summed E-state index contributed by atoms with van der Waals surface area (Å²) in [4.78, 5) is 7.25. The molecule has 0 unspecified atom stereocenters. The van der Waals surface area contributed by atoms with E-state index in [1.807, 2.05) is 48.7 Å². The second-order valence-electron chi connectivity index (χ2n) is 7.21. The van der Waals surface area contributed by atoms with Crippen molar-refractivity contribution in [3.63, 3.8) is 0 Å². The summed E-state index contributed by atoms with van der Waals surface area (Å²) in [5, 5.41) is 12.5. The molecule has 1 fully saturated rings. The van der Waals surface area contributed by atoms with Gasteiger partial charge in [0.1, 0.15) is 11.5 Å². The highest BCUT2D eigenvalue weighted by molar-refractivity contribution is 6.02. The van der Waals surface area contributed by atoms with E-state index in [0.29, 0.717) is 6.54 Å². The lowest BCUT2D eigenvalue weighted by molar-refractivity contribution is 0.246. The van der Waals surface area contributed by atoms with Crippen LogP contribution in [0, 0.1) is 0 Å². The van der Waals surface area contributed by atoms with Gasteiger partial charge in [0.15, 0.2) is 0 Å². The average Bonchev–Trinajstić information content (AvgIpc) is 3.27. The molecule has 1 aliphatic heterocycles. The largest absolute Gasteiger partial charge is 0.507 e. The molecule has 0 spiro atoms. The fraction of sp³-hybridized carbons (Fsp3) is 0.292. The third kappa shape index (κ3) is 3.73. The zero-order valence-corrected chi connectivity index (χ0v) is 16.2. The van der Waals surface area contributed by atoms with Gasteiger partial charge in [-0.1, -0.05) is 48.5 Å². The highest BCUT2D eigenvalue weighted by atomic mass is 16.5. The fourth-order valence-corrected chi connectivity index (χ4v) is 4.07. The van der Waals surface area contributed by atoms with Gasteiger partial charge in [0.25, 0.3) is 0 Å². The SMILES string of the molecule is COc1ccccc1[C@@H](CN=Cc1c(O)ccc2ccccc12)N1CCCC1. The van der Waals surface area contributed by atoms with Crippen LogP contribution in [0.2, 0.25) is 0 Å². The summed E-state index contributed by atoms with van der Waals surface area (Å²) in [5.41, 5.74) is 1.95. The molecule has 0 saturated carbocycles. The number of phenols is 1. The number of fused-ring (bicyclic) bond motifs is 1. The topological polar surface area (TPSA) is 45.1 Å². The van der Waals surface area contributed by atoms with E-state index in [0.717, 1.165) is 35.2 Å². The molecule has 3 aromatic rings. The molecule has 0 bridgehead atoms. The van der Waals surface area contributed by atoms with Gasteiger partial charge in [0.05, 0.1) is 19.7 Å². The first-order chi connectivity index (χ1) is 13.8. The van der Waals surface area contributed by atoms with Crippen LogP contribution in [0.25, 0.3) is 10.8 Å². The molecule has 1 N–H and O–H groups in total. The zero-order valence-electron chi connectivity index (χ0n) is 16.2. The normalized spacial score (nSPS) is 16.0. The highest BCUT2D eigenvalue weighted by Crippen LogP contribution is 2.32. The molecule has 4 heteroatoms. The monoisotopic (exact) mass is 374 g/mol. The summed E-state index contributed by atoms with van der Waals surface area (Å²) in [5.74, 6) is 1.17. The highest BCUT2D eigenvalue weighted by Gasteiger charge is 2.25. The van der Waals surface area contributed by atoms with Gasteiger partial charge < -0.3 is 9.84 Å². The molecule has 144 valence electrons. The van der Waals surface area contributed by atoms with Crippen LogP contribution in [-0.4, -0.2) is 43.0 Å². The number of hydrogen-bond donors (Lipinski definition) is 1. The molecule has 0 aliphatic carbocycles. The van der Waals surface area contributed by atoms with Gasteiger partial charge >= 0.3 is 0 Å². The van der Waals surface area contributed by atoms with E-state index >= 15 is 0 Å². The van der Waals surface area contributed by atoms with E-state index in [1.165, 1.54) is 18.4 Å². The maximum Gasteiger partial charge on any atom is 0.124 e. The predicted molar refractivity (Wildman–Crippen MR) is 115 cm³/mol. The quantitative estimate of drug-likeness (QED) is 0.630. The number of phenolic OH excluding ortho intramolecular Hbond substituents is 1. The second-order valence-corrected chi connectivity index (χ2v) is 7.21. The molecule has 1 aliphatic rings. The van der Waals surface area contributed by atoms with Gasteiger partial charge in [-0.25, -0.2) is 0 Å². The van der Waals surface area contributed by atoms with Crippen molar-refractivity contribution >= 4 is 17.0 Å². The lowest BCUT2D eigenvalue weighted by Crippen LogP contribution is -2.28. The first-order valence-corrected chi connectivity index (χ1v) is 9.85. The summed E-state index contributed by atoms with van der Waals surface area (Å²) in [6, 6.07) is 20.1. The van der Waals surface area contributed by atoms with Crippen molar-refractivity contribution in [1.82, 2.24) is 4.90 Å². The number of rotatable bonds is 6. The van der Waals surface area contributed by atoms with E-state index in [1.54, 1.807) is 13.2 Å². The van der Waals surface area contributed by atoms with E-state index in [4.69, 9.17) is 9.73 Å². The Hall–Kier alpha value is -2.85. The number of methoxy groups -OCH3 is 1. The molecule has 4 nitrogen and oxygen atoms in total. The maximum atomic E-state index is 10.4. The number of aliphatic imine (C=N–C) groups is 1. The molecule has 28 heavy (non-hydrogen) atoms. The lowest BCUT2D eigenvalue weighted by atomic mass is 10.0. The van der Waals surface area contributed by atoms with Gasteiger partial charge in [0.2, 0.25) is 0 Å². The molecule has 1 saturated heterocycles. The minimum atomic E-state index is 0.173. The molecule has 0 radical (unpaired) electrons. The van der Waals surface area contributed by atoms with E-state index in [-0.39, 0.29) is 11.8 Å². The Labute approximate surface area is 166 Å². The average molecular weight is 374 g/mol. The van der Waals surface area contributed by atoms with Gasteiger partial charge in [-0.3, -0.25) is 9.89 Å². The predicted octanol–water partition coefficient (Wildman–Crippen LogP) is 4.81. The summed E-state index contributed by atoms with van der Waals surface area (Å²) in [6.45, 7) is 2.79. The van der Waals surface area contributed by atoms with Crippen LogP contribution < -0.4 is 4.74 Å². The third-order valence-electron chi connectivity index (χ3n) is 5.53.